The summed E-state index contributed by atoms with van der Waals surface area (Å²) in [5.74, 6) is 0.491. The van der Waals surface area contributed by atoms with Crippen molar-refractivity contribution in [3.8, 4) is 5.75 Å². The van der Waals surface area contributed by atoms with E-state index in [1.807, 2.05) is 43.3 Å². The summed E-state index contributed by atoms with van der Waals surface area (Å²) in [6.07, 6.45) is 2.60. The predicted octanol–water partition coefficient (Wildman–Crippen LogP) is 3.82. The van der Waals surface area contributed by atoms with Gasteiger partial charge in [-0.1, -0.05) is 12.1 Å². The molecule has 1 aromatic heterocycles. The Kier molecular flexibility index (Phi) is 5.01. The van der Waals surface area contributed by atoms with Crippen LogP contribution < -0.4 is 10.1 Å². The lowest BCUT2D eigenvalue weighted by atomic mass is 9.72. The lowest BCUT2D eigenvalue weighted by molar-refractivity contribution is -0.136. The molecule has 1 N–H and O–H groups in total. The number of rotatable bonds is 4. The fraction of sp³-hybridized carbons (Fsp3) is 0.304. The Balaban J connectivity index is 1.83. The minimum atomic E-state index is -0.501. The molecule has 0 fully saturated rings. The zero-order valence-corrected chi connectivity index (χ0v) is 16.7. The smallest absolute Gasteiger partial charge is 0.336 e. The van der Waals surface area contributed by atoms with Crippen LogP contribution in [0.15, 0.2) is 69.6 Å². The summed E-state index contributed by atoms with van der Waals surface area (Å²) in [5, 5.41) is 3.30. The van der Waals surface area contributed by atoms with Gasteiger partial charge in [0.15, 0.2) is 5.78 Å². The van der Waals surface area contributed by atoms with E-state index in [-0.39, 0.29) is 11.7 Å². The van der Waals surface area contributed by atoms with Crippen LogP contribution in [-0.4, -0.2) is 26.0 Å². The van der Waals surface area contributed by atoms with Crippen LogP contribution in [0.3, 0.4) is 0 Å². The third-order valence-electron chi connectivity index (χ3n) is 5.61. The summed E-state index contributed by atoms with van der Waals surface area (Å²) < 4.78 is 15.9. The van der Waals surface area contributed by atoms with Crippen molar-refractivity contribution in [1.82, 2.24) is 5.32 Å². The normalized spacial score (nSPS) is 21.6. The molecular weight excluding hydrogens is 370 g/mol. The van der Waals surface area contributed by atoms with E-state index in [9.17, 15) is 9.59 Å². The Bertz CT molecular complexity index is 1020. The Hall–Kier alpha value is -3.28. The van der Waals surface area contributed by atoms with Crippen LogP contribution in [0.5, 0.6) is 5.75 Å². The number of hydrogen-bond acceptors (Lipinski definition) is 6. The molecule has 0 bridgehead atoms. The average molecular weight is 393 g/mol. The van der Waals surface area contributed by atoms with Crippen molar-refractivity contribution < 1.29 is 23.5 Å². The molecule has 2 heterocycles. The number of dihydropyridines is 1. The van der Waals surface area contributed by atoms with Crippen molar-refractivity contribution >= 4 is 11.8 Å². The van der Waals surface area contributed by atoms with Crippen LogP contribution in [0, 0.1) is 0 Å². The van der Waals surface area contributed by atoms with Crippen molar-refractivity contribution in [3.05, 3.63) is 76.5 Å². The van der Waals surface area contributed by atoms with E-state index in [0.29, 0.717) is 35.4 Å². The second kappa shape index (κ2) is 7.62. The number of benzene rings is 1. The van der Waals surface area contributed by atoms with Crippen LogP contribution in [0.25, 0.3) is 0 Å². The van der Waals surface area contributed by atoms with Crippen LogP contribution in [0.4, 0.5) is 0 Å². The number of carbonyl (C=O) groups excluding carboxylic acids is 2. The SMILES string of the molecule is COC(=O)C1=C(C)NC2=C(C(=O)C[C@@H](c3ccco3)C2)[C@H]1c1cccc(OC)c1. The van der Waals surface area contributed by atoms with E-state index in [2.05, 4.69) is 5.32 Å². The van der Waals surface area contributed by atoms with Crippen LogP contribution in [0.2, 0.25) is 0 Å². The first-order valence-electron chi connectivity index (χ1n) is 9.53. The number of methoxy groups -OCH3 is 2. The highest BCUT2D eigenvalue weighted by Crippen LogP contribution is 2.46. The Morgan fingerprint density at radius 1 is 1.17 bits per heavy atom. The Morgan fingerprint density at radius 2 is 2.00 bits per heavy atom. The second-order valence-electron chi connectivity index (χ2n) is 7.30. The molecule has 0 radical (unpaired) electrons. The molecule has 6 nitrogen and oxygen atoms in total. The number of esters is 1. The van der Waals surface area contributed by atoms with E-state index in [0.717, 1.165) is 17.0 Å². The summed E-state index contributed by atoms with van der Waals surface area (Å²) in [5.41, 5.74) is 3.41. The molecule has 2 atom stereocenters. The molecular formula is C23H23NO5. The van der Waals surface area contributed by atoms with Gasteiger partial charge in [-0.05, 0) is 43.2 Å². The molecule has 1 aliphatic carbocycles. The number of ketones is 1. The summed E-state index contributed by atoms with van der Waals surface area (Å²) in [6, 6.07) is 11.2. The molecule has 2 aromatic rings. The van der Waals surface area contributed by atoms with Crippen molar-refractivity contribution in [2.75, 3.05) is 14.2 Å². The van der Waals surface area contributed by atoms with Gasteiger partial charge in [0, 0.05) is 35.2 Å². The maximum absolute atomic E-state index is 13.3. The minimum Gasteiger partial charge on any atom is -0.497 e. The average Bonchev–Trinajstić information content (AvgIpc) is 3.27. The van der Waals surface area contributed by atoms with Gasteiger partial charge < -0.3 is 19.2 Å². The van der Waals surface area contributed by atoms with E-state index < -0.39 is 11.9 Å². The maximum atomic E-state index is 13.3. The topological polar surface area (TPSA) is 77.8 Å². The molecule has 6 heteroatoms. The maximum Gasteiger partial charge on any atom is 0.336 e. The molecule has 150 valence electrons. The molecule has 1 aliphatic heterocycles. The number of carbonyl (C=O) groups is 2. The molecule has 0 spiro atoms. The van der Waals surface area contributed by atoms with Gasteiger partial charge in [0.25, 0.3) is 0 Å². The minimum absolute atomic E-state index is 0.00173. The van der Waals surface area contributed by atoms with Crippen molar-refractivity contribution in [2.45, 2.75) is 31.6 Å². The highest BCUT2D eigenvalue weighted by Gasteiger charge is 2.41. The summed E-state index contributed by atoms with van der Waals surface area (Å²) >= 11 is 0. The van der Waals surface area contributed by atoms with Crippen LogP contribution >= 0.6 is 0 Å². The highest BCUT2D eigenvalue weighted by atomic mass is 16.5. The standard InChI is InChI=1S/C23H23NO5/c1-13-20(23(26)28-3)21(14-6-4-7-16(10-14)27-2)22-17(24-13)11-15(12-18(22)25)19-8-5-9-29-19/h4-10,15,21,24H,11-12H2,1-3H3/t15-,21-/m0/s1. The van der Waals surface area contributed by atoms with Crippen molar-refractivity contribution in [1.29, 1.82) is 0 Å². The third kappa shape index (κ3) is 3.35. The predicted molar refractivity (Wildman–Crippen MR) is 106 cm³/mol. The first-order chi connectivity index (χ1) is 14.0. The van der Waals surface area contributed by atoms with E-state index in [1.54, 1.807) is 13.4 Å². The zero-order valence-electron chi connectivity index (χ0n) is 16.7. The summed E-state index contributed by atoms with van der Waals surface area (Å²) in [4.78, 5) is 25.9. The zero-order chi connectivity index (χ0) is 20.5. The van der Waals surface area contributed by atoms with Gasteiger partial charge in [0.2, 0.25) is 0 Å². The molecule has 1 aromatic carbocycles. The van der Waals surface area contributed by atoms with Crippen molar-refractivity contribution in [2.24, 2.45) is 0 Å². The first-order valence-corrected chi connectivity index (χ1v) is 9.53. The number of hydrogen-bond donors (Lipinski definition) is 1. The van der Waals surface area contributed by atoms with E-state index in [1.165, 1.54) is 7.11 Å². The monoisotopic (exact) mass is 393 g/mol. The van der Waals surface area contributed by atoms with Gasteiger partial charge in [-0.3, -0.25) is 4.79 Å². The van der Waals surface area contributed by atoms with E-state index >= 15 is 0 Å². The van der Waals surface area contributed by atoms with Gasteiger partial charge in [-0.15, -0.1) is 0 Å². The molecule has 4 rings (SSSR count). The number of nitrogens with one attached hydrogen (secondary N) is 1. The van der Waals surface area contributed by atoms with Gasteiger partial charge in [0.1, 0.15) is 11.5 Å². The fourth-order valence-electron chi connectivity index (χ4n) is 4.30. The summed E-state index contributed by atoms with van der Waals surface area (Å²) in [6.45, 7) is 1.84. The molecule has 29 heavy (non-hydrogen) atoms. The molecule has 0 unspecified atom stereocenters. The molecule has 2 aliphatic rings. The Morgan fingerprint density at radius 3 is 2.69 bits per heavy atom. The first kappa shape index (κ1) is 19.1. The van der Waals surface area contributed by atoms with Crippen LogP contribution in [0.1, 0.15) is 42.9 Å². The number of ether oxygens (including phenoxy) is 2. The molecule has 0 saturated carbocycles. The number of allylic oxidation sites excluding steroid dienone is 3. The van der Waals surface area contributed by atoms with Crippen molar-refractivity contribution in [3.63, 3.8) is 0 Å². The molecule has 0 saturated heterocycles. The van der Waals surface area contributed by atoms with Gasteiger partial charge in [-0.2, -0.15) is 0 Å². The highest BCUT2D eigenvalue weighted by molar-refractivity contribution is 6.04. The summed E-state index contributed by atoms with van der Waals surface area (Å²) in [7, 11) is 2.94. The number of Topliss-reactive ketones (excluding diaryl/α,β-unsaturated/α-hetero) is 1. The lowest BCUT2D eigenvalue weighted by Gasteiger charge is -2.36. The second-order valence-corrected chi connectivity index (χ2v) is 7.30. The van der Waals surface area contributed by atoms with E-state index in [4.69, 9.17) is 13.9 Å². The quantitative estimate of drug-likeness (QED) is 0.796. The fourth-order valence-corrected chi connectivity index (χ4v) is 4.30. The molecule has 0 amide bonds. The lowest BCUT2D eigenvalue weighted by Crippen LogP contribution is -2.35. The Labute approximate surface area is 169 Å². The van der Waals surface area contributed by atoms with Gasteiger partial charge in [0.05, 0.1) is 26.1 Å². The third-order valence-corrected chi connectivity index (χ3v) is 5.61. The van der Waals surface area contributed by atoms with Crippen LogP contribution in [-0.2, 0) is 14.3 Å². The largest absolute Gasteiger partial charge is 0.497 e. The van der Waals surface area contributed by atoms with Gasteiger partial charge >= 0.3 is 5.97 Å². The number of furan rings is 1. The van der Waals surface area contributed by atoms with Gasteiger partial charge in [-0.25, -0.2) is 4.79 Å².